The average molecular weight is 398 g/mol. The third kappa shape index (κ3) is 3.48. The molecule has 0 saturated heterocycles. The summed E-state index contributed by atoms with van der Waals surface area (Å²) in [6, 6.07) is 13.2. The number of ether oxygens (including phenoxy) is 2. The van der Waals surface area contributed by atoms with Crippen molar-refractivity contribution in [2.24, 2.45) is 5.41 Å². The predicted octanol–water partition coefficient (Wildman–Crippen LogP) is 5.48. The molecule has 0 radical (unpaired) electrons. The highest BCUT2D eigenvalue weighted by molar-refractivity contribution is 6.30. The van der Waals surface area contributed by atoms with E-state index in [2.05, 4.69) is 6.58 Å². The standard InChI is InChI=1S/C23H24ClNO3/c1-15(2)16-4-9-19-20(12-16)21(26)25(18-7-5-17(24)6-8-18)22(19)28-14-23(10-11-23)13-27-3/h4-9,12,22H,1,10-11,13-14H2,2-3H3. The Morgan fingerprint density at radius 1 is 1.21 bits per heavy atom. The van der Waals surface area contributed by atoms with E-state index >= 15 is 0 Å². The van der Waals surface area contributed by atoms with Crippen LogP contribution < -0.4 is 4.90 Å². The minimum absolute atomic E-state index is 0.0676. The summed E-state index contributed by atoms with van der Waals surface area (Å²) in [6.07, 6.45) is 1.71. The van der Waals surface area contributed by atoms with E-state index in [4.69, 9.17) is 21.1 Å². The Balaban J connectivity index is 1.69. The molecule has 4 rings (SSSR count). The first-order valence-electron chi connectivity index (χ1n) is 9.44. The van der Waals surface area contributed by atoms with E-state index in [0.29, 0.717) is 23.8 Å². The fourth-order valence-electron chi connectivity index (χ4n) is 3.69. The SMILES string of the molecule is C=C(C)c1ccc2c(c1)C(=O)N(c1ccc(Cl)cc1)C2OCC1(COC)CC1. The molecule has 0 aromatic heterocycles. The highest BCUT2D eigenvalue weighted by atomic mass is 35.5. The van der Waals surface area contributed by atoms with Gasteiger partial charge in [0.2, 0.25) is 0 Å². The number of hydrogen-bond donors (Lipinski definition) is 0. The number of halogens is 1. The van der Waals surface area contributed by atoms with Gasteiger partial charge in [0.05, 0.1) is 13.2 Å². The Morgan fingerprint density at radius 2 is 1.93 bits per heavy atom. The third-order valence-corrected chi connectivity index (χ3v) is 5.81. The van der Waals surface area contributed by atoms with Gasteiger partial charge in [-0.3, -0.25) is 9.69 Å². The maximum Gasteiger partial charge on any atom is 0.261 e. The zero-order valence-corrected chi connectivity index (χ0v) is 17.0. The molecule has 1 unspecified atom stereocenters. The number of nitrogens with zero attached hydrogens (tertiary/aromatic N) is 1. The van der Waals surface area contributed by atoms with Crippen LogP contribution in [-0.4, -0.2) is 26.2 Å². The second-order valence-electron chi connectivity index (χ2n) is 7.83. The second-order valence-corrected chi connectivity index (χ2v) is 8.27. The summed E-state index contributed by atoms with van der Waals surface area (Å²) in [5.74, 6) is -0.0676. The minimum Gasteiger partial charge on any atom is -0.384 e. The van der Waals surface area contributed by atoms with E-state index in [1.54, 1.807) is 24.1 Å². The van der Waals surface area contributed by atoms with Gasteiger partial charge in [-0.1, -0.05) is 35.9 Å². The van der Waals surface area contributed by atoms with Crippen LogP contribution in [-0.2, 0) is 9.47 Å². The van der Waals surface area contributed by atoms with Crippen LogP contribution in [0.5, 0.6) is 0 Å². The number of anilines is 1. The van der Waals surface area contributed by atoms with Gasteiger partial charge in [-0.05, 0) is 55.7 Å². The molecule has 2 aliphatic rings. The zero-order chi connectivity index (χ0) is 19.9. The summed E-state index contributed by atoms with van der Waals surface area (Å²) in [5, 5.41) is 0.631. The van der Waals surface area contributed by atoms with Gasteiger partial charge in [-0.15, -0.1) is 0 Å². The average Bonchev–Trinajstić information content (AvgIpc) is 3.39. The van der Waals surface area contributed by atoms with Crippen molar-refractivity contribution in [2.45, 2.75) is 26.0 Å². The molecule has 1 fully saturated rings. The molecule has 28 heavy (non-hydrogen) atoms. The Hall–Kier alpha value is -2.14. The Kier molecular flexibility index (Phi) is 5.04. The third-order valence-electron chi connectivity index (χ3n) is 5.56. The summed E-state index contributed by atoms with van der Waals surface area (Å²) in [4.78, 5) is 15.0. The highest BCUT2D eigenvalue weighted by Gasteiger charge is 2.46. The second kappa shape index (κ2) is 7.36. The molecular formula is C23H24ClNO3. The van der Waals surface area contributed by atoms with Crippen molar-refractivity contribution >= 4 is 28.8 Å². The molecule has 0 spiro atoms. The lowest BCUT2D eigenvalue weighted by molar-refractivity contribution is 0.000805. The Labute approximate surface area is 170 Å². The van der Waals surface area contributed by atoms with Crippen molar-refractivity contribution in [2.75, 3.05) is 25.2 Å². The van der Waals surface area contributed by atoms with Gasteiger partial charge in [0.1, 0.15) is 0 Å². The number of fused-ring (bicyclic) bond motifs is 1. The molecule has 0 bridgehead atoms. The van der Waals surface area contributed by atoms with E-state index in [0.717, 1.165) is 35.2 Å². The lowest BCUT2D eigenvalue weighted by atomic mass is 10.0. The highest BCUT2D eigenvalue weighted by Crippen LogP contribution is 2.48. The van der Waals surface area contributed by atoms with E-state index in [1.165, 1.54) is 0 Å². The quantitative estimate of drug-likeness (QED) is 0.621. The number of rotatable bonds is 7. The summed E-state index contributed by atoms with van der Waals surface area (Å²) >= 11 is 6.04. The summed E-state index contributed by atoms with van der Waals surface area (Å²) in [7, 11) is 1.72. The monoisotopic (exact) mass is 397 g/mol. The fraction of sp³-hybridized carbons (Fsp3) is 0.348. The molecule has 1 amide bonds. The van der Waals surface area contributed by atoms with Gasteiger partial charge < -0.3 is 9.47 Å². The van der Waals surface area contributed by atoms with Crippen molar-refractivity contribution in [1.29, 1.82) is 0 Å². The normalized spacial score (nSPS) is 19.6. The van der Waals surface area contributed by atoms with Crippen LogP contribution >= 0.6 is 11.6 Å². The first kappa shape index (κ1) is 19.2. The molecule has 2 aromatic rings. The molecule has 0 N–H and O–H groups in total. The maximum atomic E-state index is 13.3. The lowest BCUT2D eigenvalue weighted by Gasteiger charge is -2.27. The summed E-state index contributed by atoms with van der Waals surface area (Å²) < 4.78 is 11.7. The number of benzene rings is 2. The van der Waals surface area contributed by atoms with Crippen molar-refractivity contribution in [3.8, 4) is 0 Å². The van der Waals surface area contributed by atoms with E-state index < -0.39 is 6.23 Å². The smallest absolute Gasteiger partial charge is 0.261 e. The summed E-state index contributed by atoms with van der Waals surface area (Å²) in [5.41, 5.74) is 4.28. The van der Waals surface area contributed by atoms with E-state index in [1.807, 2.05) is 37.3 Å². The number of carbonyl (C=O) groups excluding carboxylic acids is 1. The van der Waals surface area contributed by atoms with Gasteiger partial charge in [0, 0.05) is 34.4 Å². The van der Waals surface area contributed by atoms with Crippen molar-refractivity contribution in [1.82, 2.24) is 0 Å². The molecule has 146 valence electrons. The number of hydrogen-bond acceptors (Lipinski definition) is 3. The number of amides is 1. The lowest BCUT2D eigenvalue weighted by Crippen LogP contribution is -2.31. The molecule has 1 aliphatic heterocycles. The number of carbonyl (C=O) groups is 1. The van der Waals surface area contributed by atoms with Crippen LogP contribution in [0.3, 0.4) is 0 Å². The molecule has 5 heteroatoms. The predicted molar refractivity (Wildman–Crippen MR) is 112 cm³/mol. The Bertz CT molecular complexity index is 918. The van der Waals surface area contributed by atoms with Crippen LogP contribution in [0.2, 0.25) is 5.02 Å². The largest absolute Gasteiger partial charge is 0.384 e. The fourth-order valence-corrected chi connectivity index (χ4v) is 3.81. The topological polar surface area (TPSA) is 38.8 Å². The van der Waals surface area contributed by atoms with Crippen LogP contribution in [0.15, 0.2) is 49.0 Å². The van der Waals surface area contributed by atoms with Crippen LogP contribution in [0, 0.1) is 5.41 Å². The molecule has 1 heterocycles. The van der Waals surface area contributed by atoms with Crippen molar-refractivity contribution in [3.63, 3.8) is 0 Å². The van der Waals surface area contributed by atoms with Crippen molar-refractivity contribution < 1.29 is 14.3 Å². The Morgan fingerprint density at radius 3 is 2.54 bits per heavy atom. The van der Waals surface area contributed by atoms with Crippen LogP contribution in [0.1, 0.15) is 47.5 Å². The van der Waals surface area contributed by atoms with Gasteiger partial charge >= 0.3 is 0 Å². The first-order chi connectivity index (χ1) is 13.4. The molecule has 4 nitrogen and oxygen atoms in total. The molecule has 1 aliphatic carbocycles. The van der Waals surface area contributed by atoms with Gasteiger partial charge in [-0.2, -0.15) is 0 Å². The maximum absolute atomic E-state index is 13.3. The van der Waals surface area contributed by atoms with Gasteiger partial charge in [-0.25, -0.2) is 0 Å². The molecule has 1 saturated carbocycles. The van der Waals surface area contributed by atoms with Crippen LogP contribution in [0.4, 0.5) is 5.69 Å². The first-order valence-corrected chi connectivity index (χ1v) is 9.81. The van der Waals surface area contributed by atoms with Crippen molar-refractivity contribution in [3.05, 3.63) is 70.8 Å². The molecular weight excluding hydrogens is 374 g/mol. The van der Waals surface area contributed by atoms with Gasteiger partial charge in [0.15, 0.2) is 6.23 Å². The summed E-state index contributed by atoms with van der Waals surface area (Å²) in [6.45, 7) is 7.17. The minimum atomic E-state index is -0.461. The van der Waals surface area contributed by atoms with E-state index in [9.17, 15) is 4.79 Å². The molecule has 1 atom stereocenters. The zero-order valence-electron chi connectivity index (χ0n) is 16.2. The van der Waals surface area contributed by atoms with Gasteiger partial charge in [0.25, 0.3) is 5.91 Å². The molecule has 2 aromatic carbocycles. The van der Waals surface area contributed by atoms with Crippen LogP contribution in [0.25, 0.3) is 5.57 Å². The van der Waals surface area contributed by atoms with E-state index in [-0.39, 0.29) is 11.3 Å². The number of methoxy groups -OCH3 is 1. The number of allylic oxidation sites excluding steroid dienone is 1.